The van der Waals surface area contributed by atoms with Crippen molar-refractivity contribution in [3.05, 3.63) is 18.2 Å². The number of hydrogen-bond acceptors (Lipinski definition) is 3. The van der Waals surface area contributed by atoms with Crippen molar-refractivity contribution >= 4 is 0 Å². The van der Waals surface area contributed by atoms with E-state index in [0.717, 1.165) is 12.2 Å². The minimum Gasteiger partial charge on any atom is -0.347 e. The summed E-state index contributed by atoms with van der Waals surface area (Å²) in [5.74, 6) is 0. The SMILES string of the molecule is CN(CC#N)Cc1cnc[nH]1. The third-order valence-corrected chi connectivity index (χ3v) is 1.34. The third-order valence-electron chi connectivity index (χ3n) is 1.34. The molecule has 1 aromatic heterocycles. The van der Waals surface area contributed by atoms with Crippen LogP contribution in [0.1, 0.15) is 5.69 Å². The normalized spacial score (nSPS) is 9.91. The van der Waals surface area contributed by atoms with E-state index in [1.807, 2.05) is 11.9 Å². The van der Waals surface area contributed by atoms with E-state index < -0.39 is 0 Å². The van der Waals surface area contributed by atoms with Crippen LogP contribution in [0.25, 0.3) is 0 Å². The Morgan fingerprint density at radius 3 is 3.18 bits per heavy atom. The summed E-state index contributed by atoms with van der Waals surface area (Å²) >= 11 is 0. The van der Waals surface area contributed by atoms with Crippen LogP contribution in [0.15, 0.2) is 12.5 Å². The fourth-order valence-corrected chi connectivity index (χ4v) is 0.839. The highest BCUT2D eigenvalue weighted by Crippen LogP contribution is 1.95. The minimum absolute atomic E-state index is 0.443. The second kappa shape index (κ2) is 3.74. The number of H-pyrrole nitrogens is 1. The second-order valence-corrected chi connectivity index (χ2v) is 2.41. The summed E-state index contributed by atoms with van der Waals surface area (Å²) in [7, 11) is 1.89. The number of rotatable bonds is 3. The molecule has 0 unspecified atom stereocenters. The first-order chi connectivity index (χ1) is 5.33. The molecule has 0 saturated heterocycles. The Morgan fingerprint density at radius 1 is 1.82 bits per heavy atom. The fourth-order valence-electron chi connectivity index (χ4n) is 0.839. The van der Waals surface area contributed by atoms with Gasteiger partial charge in [0.15, 0.2) is 0 Å². The molecule has 0 saturated carbocycles. The van der Waals surface area contributed by atoms with Gasteiger partial charge < -0.3 is 4.98 Å². The average molecular weight is 150 g/mol. The van der Waals surface area contributed by atoms with E-state index in [1.54, 1.807) is 12.5 Å². The van der Waals surface area contributed by atoms with Crippen molar-refractivity contribution in [3.8, 4) is 6.07 Å². The van der Waals surface area contributed by atoms with Crippen molar-refractivity contribution in [1.82, 2.24) is 14.9 Å². The quantitative estimate of drug-likeness (QED) is 0.633. The molecule has 4 nitrogen and oxygen atoms in total. The molecule has 58 valence electrons. The standard InChI is InChI=1S/C7H10N4/c1-11(3-2-8)5-7-4-9-6-10-7/h4,6H,3,5H2,1H3,(H,9,10). The summed E-state index contributed by atoms with van der Waals surface area (Å²) in [5.41, 5.74) is 1.03. The zero-order valence-corrected chi connectivity index (χ0v) is 6.41. The number of aromatic nitrogens is 2. The van der Waals surface area contributed by atoms with E-state index >= 15 is 0 Å². The van der Waals surface area contributed by atoms with Gasteiger partial charge in [-0.25, -0.2) is 4.98 Å². The molecule has 1 aromatic rings. The van der Waals surface area contributed by atoms with Gasteiger partial charge in [0, 0.05) is 18.4 Å². The van der Waals surface area contributed by atoms with Crippen LogP contribution in [-0.4, -0.2) is 28.5 Å². The molecule has 0 amide bonds. The van der Waals surface area contributed by atoms with Crippen LogP contribution >= 0.6 is 0 Å². The van der Waals surface area contributed by atoms with Crippen molar-refractivity contribution in [1.29, 1.82) is 5.26 Å². The van der Waals surface area contributed by atoms with Crippen LogP contribution in [0.2, 0.25) is 0 Å². The fraction of sp³-hybridized carbons (Fsp3) is 0.429. The lowest BCUT2D eigenvalue weighted by atomic mass is 10.4. The Bertz CT molecular complexity index is 233. The van der Waals surface area contributed by atoms with Gasteiger partial charge in [-0.1, -0.05) is 0 Å². The molecule has 0 radical (unpaired) electrons. The van der Waals surface area contributed by atoms with Gasteiger partial charge in [-0.3, -0.25) is 4.90 Å². The van der Waals surface area contributed by atoms with Crippen LogP contribution in [0.5, 0.6) is 0 Å². The predicted octanol–water partition coefficient (Wildman–Crippen LogP) is 0.365. The monoisotopic (exact) mass is 150 g/mol. The number of nitrogens with one attached hydrogen (secondary N) is 1. The maximum absolute atomic E-state index is 8.35. The molecule has 1 heterocycles. The first-order valence-corrected chi connectivity index (χ1v) is 3.35. The van der Waals surface area contributed by atoms with Crippen LogP contribution in [-0.2, 0) is 6.54 Å². The highest BCUT2D eigenvalue weighted by atomic mass is 15.1. The largest absolute Gasteiger partial charge is 0.347 e. The lowest BCUT2D eigenvalue weighted by molar-refractivity contribution is 0.363. The third kappa shape index (κ3) is 2.40. The summed E-state index contributed by atoms with van der Waals surface area (Å²) in [5, 5.41) is 8.35. The molecule has 11 heavy (non-hydrogen) atoms. The number of hydrogen-bond donors (Lipinski definition) is 1. The molecule has 0 spiro atoms. The molecule has 0 fully saturated rings. The molecule has 0 aliphatic heterocycles. The van der Waals surface area contributed by atoms with E-state index in [4.69, 9.17) is 5.26 Å². The van der Waals surface area contributed by atoms with Crippen molar-refractivity contribution < 1.29 is 0 Å². The zero-order chi connectivity index (χ0) is 8.10. The van der Waals surface area contributed by atoms with E-state index in [0.29, 0.717) is 6.54 Å². The lowest BCUT2D eigenvalue weighted by Gasteiger charge is -2.09. The van der Waals surface area contributed by atoms with Gasteiger partial charge in [0.2, 0.25) is 0 Å². The molecule has 0 aromatic carbocycles. The minimum atomic E-state index is 0.443. The molecule has 0 bridgehead atoms. The van der Waals surface area contributed by atoms with Crippen molar-refractivity contribution in [2.75, 3.05) is 13.6 Å². The molecular formula is C7H10N4. The summed E-state index contributed by atoms with van der Waals surface area (Å²) in [6.07, 6.45) is 3.39. The van der Waals surface area contributed by atoms with Gasteiger partial charge in [0.05, 0.1) is 18.9 Å². The average Bonchev–Trinajstić information content (AvgIpc) is 2.40. The van der Waals surface area contributed by atoms with E-state index in [2.05, 4.69) is 16.0 Å². The second-order valence-electron chi connectivity index (χ2n) is 2.41. The van der Waals surface area contributed by atoms with Crippen LogP contribution in [0.4, 0.5) is 0 Å². The maximum Gasteiger partial charge on any atom is 0.0922 e. The smallest absolute Gasteiger partial charge is 0.0922 e. The van der Waals surface area contributed by atoms with Crippen LogP contribution in [0, 0.1) is 11.3 Å². The van der Waals surface area contributed by atoms with Crippen LogP contribution in [0.3, 0.4) is 0 Å². The summed E-state index contributed by atoms with van der Waals surface area (Å²) in [6.45, 7) is 1.19. The Kier molecular flexibility index (Phi) is 2.64. The number of nitriles is 1. The Labute approximate surface area is 65.5 Å². The topological polar surface area (TPSA) is 55.7 Å². The zero-order valence-electron chi connectivity index (χ0n) is 6.41. The highest BCUT2D eigenvalue weighted by molar-refractivity contribution is 4.94. The van der Waals surface area contributed by atoms with Gasteiger partial charge in [0.1, 0.15) is 0 Å². The molecule has 0 aliphatic rings. The maximum atomic E-state index is 8.35. The van der Waals surface area contributed by atoms with Gasteiger partial charge in [0.25, 0.3) is 0 Å². The molecular weight excluding hydrogens is 140 g/mol. The Hall–Kier alpha value is -1.34. The number of aromatic amines is 1. The molecule has 1 N–H and O–H groups in total. The predicted molar refractivity (Wildman–Crippen MR) is 40.5 cm³/mol. The molecule has 0 aliphatic carbocycles. The highest BCUT2D eigenvalue weighted by Gasteiger charge is 1.98. The lowest BCUT2D eigenvalue weighted by Crippen LogP contribution is -2.17. The molecule has 1 rings (SSSR count). The summed E-state index contributed by atoms with van der Waals surface area (Å²) in [4.78, 5) is 8.74. The van der Waals surface area contributed by atoms with Gasteiger partial charge >= 0.3 is 0 Å². The van der Waals surface area contributed by atoms with Crippen molar-refractivity contribution in [2.24, 2.45) is 0 Å². The summed E-state index contributed by atoms with van der Waals surface area (Å²) < 4.78 is 0. The Balaban J connectivity index is 2.38. The van der Waals surface area contributed by atoms with Crippen molar-refractivity contribution in [3.63, 3.8) is 0 Å². The molecule has 0 atom stereocenters. The van der Waals surface area contributed by atoms with Crippen molar-refractivity contribution in [2.45, 2.75) is 6.54 Å². The van der Waals surface area contributed by atoms with E-state index in [9.17, 15) is 0 Å². The van der Waals surface area contributed by atoms with Gasteiger partial charge in [-0.05, 0) is 7.05 Å². The van der Waals surface area contributed by atoms with Gasteiger partial charge in [-0.15, -0.1) is 0 Å². The first-order valence-electron chi connectivity index (χ1n) is 3.35. The van der Waals surface area contributed by atoms with Gasteiger partial charge in [-0.2, -0.15) is 5.26 Å². The Morgan fingerprint density at radius 2 is 2.64 bits per heavy atom. The van der Waals surface area contributed by atoms with Crippen LogP contribution < -0.4 is 0 Å². The van der Waals surface area contributed by atoms with E-state index in [-0.39, 0.29) is 0 Å². The summed E-state index contributed by atoms with van der Waals surface area (Å²) in [6, 6.07) is 2.07. The molecule has 4 heteroatoms. The first kappa shape index (κ1) is 7.76. The number of imidazole rings is 1. The van der Waals surface area contributed by atoms with E-state index in [1.165, 1.54) is 0 Å². The number of nitrogens with zero attached hydrogens (tertiary/aromatic N) is 3.